The van der Waals surface area contributed by atoms with Gasteiger partial charge in [0.05, 0.1) is 5.69 Å². The number of imidazole rings is 1. The SMILES string of the molecule is CCCn1cc(C)nc1Nc1ccc2cc(Br)ccc2c1. The highest BCUT2D eigenvalue weighted by Gasteiger charge is 2.06. The molecule has 21 heavy (non-hydrogen) atoms. The zero-order valence-electron chi connectivity index (χ0n) is 12.2. The highest BCUT2D eigenvalue weighted by molar-refractivity contribution is 9.10. The molecule has 0 radical (unpaired) electrons. The van der Waals surface area contributed by atoms with E-state index in [1.165, 1.54) is 10.8 Å². The molecular weight excluding hydrogens is 326 g/mol. The van der Waals surface area contributed by atoms with Gasteiger partial charge in [0.15, 0.2) is 0 Å². The number of fused-ring (bicyclic) bond motifs is 1. The Balaban J connectivity index is 1.92. The van der Waals surface area contributed by atoms with Crippen LogP contribution in [0, 0.1) is 6.92 Å². The van der Waals surface area contributed by atoms with Gasteiger partial charge in [0, 0.05) is 22.9 Å². The quantitative estimate of drug-likeness (QED) is 0.700. The summed E-state index contributed by atoms with van der Waals surface area (Å²) in [4.78, 5) is 4.56. The van der Waals surface area contributed by atoms with Gasteiger partial charge in [-0.3, -0.25) is 0 Å². The van der Waals surface area contributed by atoms with Gasteiger partial charge in [-0.15, -0.1) is 0 Å². The molecule has 1 heterocycles. The van der Waals surface area contributed by atoms with Crippen LogP contribution in [0.2, 0.25) is 0 Å². The number of rotatable bonds is 4. The number of nitrogens with zero attached hydrogens (tertiary/aromatic N) is 2. The first-order valence-corrected chi connectivity index (χ1v) is 7.95. The van der Waals surface area contributed by atoms with E-state index in [1.54, 1.807) is 0 Å². The lowest BCUT2D eigenvalue weighted by Crippen LogP contribution is -2.02. The van der Waals surface area contributed by atoms with Gasteiger partial charge in [-0.05, 0) is 48.4 Å². The average molecular weight is 344 g/mol. The van der Waals surface area contributed by atoms with Gasteiger partial charge in [-0.2, -0.15) is 0 Å². The van der Waals surface area contributed by atoms with Crippen LogP contribution in [0.15, 0.2) is 47.1 Å². The highest BCUT2D eigenvalue weighted by Crippen LogP contribution is 2.25. The summed E-state index contributed by atoms with van der Waals surface area (Å²) >= 11 is 3.51. The summed E-state index contributed by atoms with van der Waals surface area (Å²) in [6, 6.07) is 12.7. The van der Waals surface area contributed by atoms with Gasteiger partial charge in [0.1, 0.15) is 0 Å². The lowest BCUT2D eigenvalue weighted by Gasteiger charge is -2.09. The molecule has 0 aliphatic rings. The Kier molecular flexibility index (Phi) is 3.97. The Morgan fingerprint density at radius 3 is 2.71 bits per heavy atom. The number of benzene rings is 2. The van der Waals surface area contributed by atoms with E-state index in [4.69, 9.17) is 0 Å². The number of halogens is 1. The monoisotopic (exact) mass is 343 g/mol. The zero-order valence-corrected chi connectivity index (χ0v) is 13.8. The molecule has 2 aromatic carbocycles. The summed E-state index contributed by atoms with van der Waals surface area (Å²) in [7, 11) is 0. The molecule has 1 N–H and O–H groups in total. The highest BCUT2D eigenvalue weighted by atomic mass is 79.9. The number of hydrogen-bond acceptors (Lipinski definition) is 2. The minimum Gasteiger partial charge on any atom is -0.326 e. The van der Waals surface area contributed by atoms with Gasteiger partial charge in [-0.25, -0.2) is 4.98 Å². The molecule has 108 valence electrons. The lowest BCUT2D eigenvalue weighted by atomic mass is 10.1. The van der Waals surface area contributed by atoms with Crippen LogP contribution in [0.5, 0.6) is 0 Å². The van der Waals surface area contributed by atoms with Crippen LogP contribution in [-0.2, 0) is 6.54 Å². The molecule has 0 amide bonds. The van der Waals surface area contributed by atoms with Crippen molar-refractivity contribution in [1.29, 1.82) is 0 Å². The molecular formula is C17H18BrN3. The normalized spacial score (nSPS) is 11.0. The Hall–Kier alpha value is -1.81. The molecule has 3 nitrogen and oxygen atoms in total. The fourth-order valence-corrected chi connectivity index (χ4v) is 2.86. The van der Waals surface area contributed by atoms with E-state index in [2.05, 4.69) is 80.3 Å². The summed E-state index contributed by atoms with van der Waals surface area (Å²) in [5.41, 5.74) is 2.10. The molecule has 0 aliphatic heterocycles. The van der Waals surface area contributed by atoms with E-state index < -0.39 is 0 Å². The third kappa shape index (κ3) is 3.10. The van der Waals surface area contributed by atoms with E-state index in [0.29, 0.717) is 0 Å². The van der Waals surface area contributed by atoms with Crippen molar-refractivity contribution in [3.63, 3.8) is 0 Å². The van der Waals surface area contributed by atoms with E-state index in [9.17, 15) is 0 Å². The predicted molar refractivity (Wildman–Crippen MR) is 92.2 cm³/mol. The van der Waals surface area contributed by atoms with Crippen molar-refractivity contribution in [3.05, 3.63) is 52.8 Å². The molecule has 0 unspecified atom stereocenters. The maximum Gasteiger partial charge on any atom is 0.207 e. The third-order valence-corrected chi connectivity index (χ3v) is 3.91. The van der Waals surface area contributed by atoms with Crippen LogP contribution in [0.25, 0.3) is 10.8 Å². The number of hydrogen-bond donors (Lipinski definition) is 1. The van der Waals surface area contributed by atoms with Crippen molar-refractivity contribution in [2.75, 3.05) is 5.32 Å². The Labute approximate surface area is 133 Å². The minimum absolute atomic E-state index is 0.908. The summed E-state index contributed by atoms with van der Waals surface area (Å²) in [5, 5.41) is 5.87. The number of aromatic nitrogens is 2. The molecule has 4 heteroatoms. The van der Waals surface area contributed by atoms with Crippen molar-refractivity contribution in [3.8, 4) is 0 Å². The van der Waals surface area contributed by atoms with E-state index in [-0.39, 0.29) is 0 Å². The molecule has 0 spiro atoms. The van der Waals surface area contributed by atoms with Crippen LogP contribution in [0.4, 0.5) is 11.6 Å². The van der Waals surface area contributed by atoms with Gasteiger partial charge >= 0.3 is 0 Å². The number of anilines is 2. The predicted octanol–water partition coefficient (Wildman–Crippen LogP) is 5.26. The molecule has 3 aromatic rings. The second-order valence-electron chi connectivity index (χ2n) is 5.23. The first-order chi connectivity index (χ1) is 10.2. The maximum absolute atomic E-state index is 4.56. The summed E-state index contributed by atoms with van der Waals surface area (Å²) < 4.78 is 3.27. The molecule has 0 bridgehead atoms. The third-order valence-electron chi connectivity index (χ3n) is 3.42. The molecule has 0 saturated carbocycles. The Morgan fingerprint density at radius 1 is 1.14 bits per heavy atom. The van der Waals surface area contributed by atoms with E-state index >= 15 is 0 Å². The smallest absolute Gasteiger partial charge is 0.207 e. The molecule has 0 fully saturated rings. The van der Waals surface area contributed by atoms with Crippen molar-refractivity contribution < 1.29 is 0 Å². The second-order valence-corrected chi connectivity index (χ2v) is 6.15. The largest absolute Gasteiger partial charge is 0.326 e. The summed E-state index contributed by atoms with van der Waals surface area (Å²) in [6.07, 6.45) is 3.18. The number of nitrogens with one attached hydrogen (secondary N) is 1. The second kappa shape index (κ2) is 5.90. The van der Waals surface area contributed by atoms with Crippen LogP contribution in [0.3, 0.4) is 0 Å². The maximum atomic E-state index is 4.56. The van der Waals surface area contributed by atoms with Gasteiger partial charge < -0.3 is 9.88 Å². The Morgan fingerprint density at radius 2 is 1.90 bits per heavy atom. The van der Waals surface area contributed by atoms with Crippen molar-refractivity contribution >= 4 is 38.3 Å². The fourth-order valence-electron chi connectivity index (χ4n) is 2.48. The van der Waals surface area contributed by atoms with E-state index in [1.807, 2.05) is 6.92 Å². The minimum atomic E-state index is 0.908. The van der Waals surface area contributed by atoms with E-state index in [0.717, 1.165) is 34.8 Å². The molecule has 0 atom stereocenters. The van der Waals surface area contributed by atoms with Gasteiger partial charge in [0.25, 0.3) is 0 Å². The lowest BCUT2D eigenvalue weighted by molar-refractivity contribution is 0.686. The van der Waals surface area contributed by atoms with Crippen LogP contribution >= 0.6 is 15.9 Å². The van der Waals surface area contributed by atoms with Crippen LogP contribution in [-0.4, -0.2) is 9.55 Å². The zero-order chi connectivity index (χ0) is 14.8. The standard InChI is InChI=1S/C17H18BrN3/c1-3-8-21-11-12(2)19-17(21)20-16-7-5-13-9-15(18)6-4-14(13)10-16/h4-7,9-11H,3,8H2,1-2H3,(H,19,20). The van der Waals surface area contributed by atoms with Crippen LogP contribution in [0.1, 0.15) is 19.0 Å². The molecule has 1 aromatic heterocycles. The van der Waals surface area contributed by atoms with Crippen molar-refractivity contribution in [2.24, 2.45) is 0 Å². The van der Waals surface area contributed by atoms with Crippen molar-refractivity contribution in [1.82, 2.24) is 9.55 Å². The van der Waals surface area contributed by atoms with Crippen LogP contribution < -0.4 is 5.32 Å². The average Bonchev–Trinajstić information content (AvgIpc) is 2.79. The van der Waals surface area contributed by atoms with Gasteiger partial charge in [-0.1, -0.05) is 35.0 Å². The summed E-state index contributed by atoms with van der Waals surface area (Å²) in [5.74, 6) is 0.908. The number of aryl methyl sites for hydroxylation is 2. The summed E-state index contributed by atoms with van der Waals surface area (Å²) in [6.45, 7) is 5.17. The first kappa shape index (κ1) is 14.1. The first-order valence-electron chi connectivity index (χ1n) is 7.16. The topological polar surface area (TPSA) is 29.9 Å². The fraction of sp³-hybridized carbons (Fsp3) is 0.235. The molecule has 0 saturated heterocycles. The Bertz CT molecular complexity index is 777. The van der Waals surface area contributed by atoms with Crippen molar-refractivity contribution in [2.45, 2.75) is 26.8 Å². The molecule has 3 rings (SSSR count). The van der Waals surface area contributed by atoms with Gasteiger partial charge in [0.2, 0.25) is 5.95 Å². The molecule has 0 aliphatic carbocycles.